The Morgan fingerprint density at radius 1 is 1.08 bits per heavy atom. The molecule has 26 heavy (non-hydrogen) atoms. The summed E-state index contributed by atoms with van der Waals surface area (Å²) in [5.74, 6) is 1.55. The second kappa shape index (κ2) is 9.30. The van der Waals surface area contributed by atoms with Gasteiger partial charge in [-0.2, -0.15) is 0 Å². The van der Waals surface area contributed by atoms with Gasteiger partial charge in [0.15, 0.2) is 11.5 Å². The van der Waals surface area contributed by atoms with Gasteiger partial charge >= 0.3 is 0 Å². The highest BCUT2D eigenvalue weighted by Gasteiger charge is 2.15. The van der Waals surface area contributed by atoms with Crippen molar-refractivity contribution in [3.63, 3.8) is 0 Å². The third-order valence-electron chi connectivity index (χ3n) is 4.08. The van der Waals surface area contributed by atoms with E-state index in [1.54, 1.807) is 6.20 Å². The maximum atomic E-state index is 6.32. The fourth-order valence-corrected chi connectivity index (χ4v) is 2.92. The van der Waals surface area contributed by atoms with Crippen LogP contribution in [-0.4, -0.2) is 22.3 Å². The van der Waals surface area contributed by atoms with E-state index < -0.39 is 0 Å². The third-order valence-corrected chi connectivity index (χ3v) is 4.34. The summed E-state index contributed by atoms with van der Waals surface area (Å²) in [6, 6.07) is 15.8. The molecule has 4 nitrogen and oxygen atoms in total. The standard InChI is InChI=1S/C21H23ClN2O2/c1-2-25-20-5-3-4-6-21(20)26-19(15-24-14-13-23-16-24)12-9-17-7-10-18(22)11-8-17/h3-8,10-11,13-14,16,19H,2,9,12,15H2,1H3. The Bertz CT molecular complexity index is 788. The molecular formula is C21H23ClN2O2. The van der Waals surface area contributed by atoms with Crippen molar-refractivity contribution in [2.45, 2.75) is 32.4 Å². The Labute approximate surface area is 159 Å². The van der Waals surface area contributed by atoms with Crippen molar-refractivity contribution in [3.05, 3.63) is 77.8 Å². The van der Waals surface area contributed by atoms with Crippen LogP contribution in [0.15, 0.2) is 67.3 Å². The molecule has 0 spiro atoms. The first-order valence-electron chi connectivity index (χ1n) is 8.83. The molecule has 0 saturated heterocycles. The Kier molecular flexibility index (Phi) is 6.56. The molecule has 3 aromatic rings. The van der Waals surface area contributed by atoms with E-state index in [4.69, 9.17) is 21.1 Å². The number of para-hydroxylation sites is 2. The number of hydrogen-bond donors (Lipinski definition) is 0. The van der Waals surface area contributed by atoms with Crippen LogP contribution in [0.2, 0.25) is 5.02 Å². The summed E-state index contributed by atoms with van der Waals surface area (Å²) in [6.45, 7) is 3.31. The lowest BCUT2D eigenvalue weighted by Crippen LogP contribution is -2.24. The van der Waals surface area contributed by atoms with Gasteiger partial charge in [-0.15, -0.1) is 0 Å². The maximum Gasteiger partial charge on any atom is 0.161 e. The Morgan fingerprint density at radius 3 is 2.54 bits per heavy atom. The summed E-state index contributed by atoms with van der Waals surface area (Å²) in [5.41, 5.74) is 1.24. The van der Waals surface area contributed by atoms with Crippen LogP contribution in [0.3, 0.4) is 0 Å². The number of ether oxygens (including phenoxy) is 2. The predicted octanol–water partition coefficient (Wildman–Crippen LogP) is 5.02. The second-order valence-corrected chi connectivity index (χ2v) is 6.48. The van der Waals surface area contributed by atoms with Crippen LogP contribution in [-0.2, 0) is 13.0 Å². The van der Waals surface area contributed by atoms with Gasteiger partial charge in [0.05, 0.1) is 19.5 Å². The number of aryl methyl sites for hydroxylation is 1. The average molecular weight is 371 g/mol. The number of halogens is 1. The zero-order chi connectivity index (χ0) is 18.2. The number of nitrogens with zero attached hydrogens (tertiary/aromatic N) is 2. The summed E-state index contributed by atoms with van der Waals surface area (Å²) in [5, 5.41) is 0.755. The highest BCUT2D eigenvalue weighted by Crippen LogP contribution is 2.28. The lowest BCUT2D eigenvalue weighted by Gasteiger charge is -2.21. The van der Waals surface area contributed by atoms with E-state index in [0.29, 0.717) is 6.61 Å². The first-order chi connectivity index (χ1) is 12.7. The Hall–Kier alpha value is -2.46. The molecule has 1 heterocycles. The summed E-state index contributed by atoms with van der Waals surface area (Å²) >= 11 is 5.97. The van der Waals surface area contributed by atoms with Crippen LogP contribution in [0.1, 0.15) is 18.9 Å². The van der Waals surface area contributed by atoms with Gasteiger partial charge in [0, 0.05) is 17.4 Å². The molecule has 0 aliphatic rings. The predicted molar refractivity (Wildman–Crippen MR) is 104 cm³/mol. The van der Waals surface area contributed by atoms with E-state index in [0.717, 1.165) is 35.9 Å². The molecule has 5 heteroatoms. The van der Waals surface area contributed by atoms with Gasteiger partial charge in [0.25, 0.3) is 0 Å². The summed E-state index contributed by atoms with van der Waals surface area (Å²) < 4.78 is 14.0. The Balaban J connectivity index is 1.71. The summed E-state index contributed by atoms with van der Waals surface area (Å²) in [4.78, 5) is 4.13. The maximum absolute atomic E-state index is 6.32. The number of imidazole rings is 1. The van der Waals surface area contributed by atoms with Crippen molar-refractivity contribution in [3.8, 4) is 11.5 Å². The van der Waals surface area contributed by atoms with Gasteiger partial charge in [-0.3, -0.25) is 0 Å². The van der Waals surface area contributed by atoms with E-state index in [9.17, 15) is 0 Å². The Morgan fingerprint density at radius 2 is 1.85 bits per heavy atom. The zero-order valence-electron chi connectivity index (χ0n) is 14.8. The molecule has 0 N–H and O–H groups in total. The number of hydrogen-bond acceptors (Lipinski definition) is 3. The molecule has 1 aromatic heterocycles. The fraction of sp³-hybridized carbons (Fsp3) is 0.286. The molecule has 2 aromatic carbocycles. The molecule has 0 amide bonds. The lowest BCUT2D eigenvalue weighted by molar-refractivity contribution is 0.162. The van der Waals surface area contributed by atoms with E-state index >= 15 is 0 Å². The molecule has 136 valence electrons. The fourth-order valence-electron chi connectivity index (χ4n) is 2.80. The SMILES string of the molecule is CCOc1ccccc1OC(CCc1ccc(Cl)cc1)Cn1ccnc1. The summed E-state index contributed by atoms with van der Waals surface area (Å²) in [6.07, 6.45) is 7.33. The molecule has 0 aliphatic carbocycles. The normalized spacial score (nSPS) is 11.9. The van der Waals surface area contributed by atoms with Crippen molar-refractivity contribution in [1.29, 1.82) is 0 Å². The third kappa shape index (κ3) is 5.27. The van der Waals surface area contributed by atoms with E-state index in [-0.39, 0.29) is 6.10 Å². The summed E-state index contributed by atoms with van der Waals surface area (Å²) in [7, 11) is 0. The van der Waals surface area contributed by atoms with E-state index in [1.165, 1.54) is 5.56 Å². The van der Waals surface area contributed by atoms with Crippen molar-refractivity contribution in [2.24, 2.45) is 0 Å². The molecule has 0 fully saturated rings. The quantitative estimate of drug-likeness (QED) is 0.531. The van der Waals surface area contributed by atoms with Crippen LogP contribution in [0.5, 0.6) is 11.5 Å². The molecule has 0 radical (unpaired) electrons. The second-order valence-electron chi connectivity index (χ2n) is 6.04. The van der Waals surface area contributed by atoms with Crippen molar-refractivity contribution in [1.82, 2.24) is 9.55 Å². The van der Waals surface area contributed by atoms with Crippen LogP contribution in [0.25, 0.3) is 0 Å². The largest absolute Gasteiger partial charge is 0.490 e. The van der Waals surface area contributed by atoms with E-state index in [1.807, 2.05) is 60.4 Å². The van der Waals surface area contributed by atoms with Gasteiger partial charge in [0.1, 0.15) is 6.10 Å². The number of rotatable bonds is 9. The number of benzene rings is 2. The lowest BCUT2D eigenvalue weighted by atomic mass is 10.1. The van der Waals surface area contributed by atoms with Crippen LogP contribution in [0, 0.1) is 0 Å². The molecule has 3 rings (SSSR count). The molecule has 0 saturated carbocycles. The molecule has 0 aliphatic heterocycles. The smallest absolute Gasteiger partial charge is 0.161 e. The van der Waals surface area contributed by atoms with Gasteiger partial charge in [-0.1, -0.05) is 35.9 Å². The van der Waals surface area contributed by atoms with E-state index in [2.05, 4.69) is 17.1 Å². The van der Waals surface area contributed by atoms with Crippen molar-refractivity contribution >= 4 is 11.6 Å². The molecule has 1 atom stereocenters. The van der Waals surface area contributed by atoms with Gasteiger partial charge in [-0.05, 0) is 49.6 Å². The zero-order valence-corrected chi connectivity index (χ0v) is 15.6. The minimum atomic E-state index is 0.00137. The van der Waals surface area contributed by atoms with Crippen molar-refractivity contribution < 1.29 is 9.47 Å². The number of aromatic nitrogens is 2. The topological polar surface area (TPSA) is 36.3 Å². The average Bonchev–Trinajstić information content (AvgIpc) is 3.16. The highest BCUT2D eigenvalue weighted by atomic mass is 35.5. The first kappa shape index (κ1) is 18.3. The monoisotopic (exact) mass is 370 g/mol. The van der Waals surface area contributed by atoms with Crippen LogP contribution >= 0.6 is 11.6 Å². The minimum absolute atomic E-state index is 0.00137. The van der Waals surface area contributed by atoms with Gasteiger partial charge in [0.2, 0.25) is 0 Å². The van der Waals surface area contributed by atoms with Crippen molar-refractivity contribution in [2.75, 3.05) is 6.61 Å². The van der Waals surface area contributed by atoms with Crippen LogP contribution in [0.4, 0.5) is 0 Å². The molecular weight excluding hydrogens is 348 g/mol. The molecule has 0 bridgehead atoms. The van der Waals surface area contributed by atoms with Crippen LogP contribution < -0.4 is 9.47 Å². The molecule has 1 unspecified atom stereocenters. The highest BCUT2D eigenvalue weighted by molar-refractivity contribution is 6.30. The first-order valence-corrected chi connectivity index (χ1v) is 9.21. The van der Waals surface area contributed by atoms with Gasteiger partial charge < -0.3 is 14.0 Å². The van der Waals surface area contributed by atoms with Gasteiger partial charge in [-0.25, -0.2) is 4.98 Å². The minimum Gasteiger partial charge on any atom is -0.490 e.